The Labute approximate surface area is 147 Å². The van der Waals surface area contributed by atoms with E-state index in [1.807, 2.05) is 0 Å². The molecule has 0 aliphatic carbocycles. The lowest BCUT2D eigenvalue weighted by Crippen LogP contribution is -2.63. The molecule has 0 fully saturated rings. The van der Waals surface area contributed by atoms with Crippen molar-refractivity contribution in [1.82, 2.24) is 0 Å². The fraction of sp³-hybridized carbons (Fsp3) is 0.400. The van der Waals surface area contributed by atoms with E-state index in [4.69, 9.17) is 11.6 Å². The van der Waals surface area contributed by atoms with Gasteiger partial charge in [-0.1, -0.05) is 11.6 Å². The second-order valence-electron chi connectivity index (χ2n) is 4.57. The van der Waals surface area contributed by atoms with Gasteiger partial charge >= 0.3 is 33.4 Å². The van der Waals surface area contributed by atoms with Crippen LogP contribution in [0.25, 0.3) is 0 Å². The first-order valence-electron chi connectivity index (χ1n) is 5.87. The van der Waals surface area contributed by atoms with Crippen LogP contribution < -0.4 is 4.18 Å². The topological polar surface area (TPSA) is 86.5 Å². The number of nitro groups is 1. The number of nitro benzene ring substituents is 1. The fourth-order valence-electron chi connectivity index (χ4n) is 1.38. The third kappa shape index (κ3) is 3.71. The molecule has 0 aliphatic rings. The van der Waals surface area contributed by atoms with Crippen LogP contribution in [0.2, 0.25) is 5.02 Å². The molecular formula is C10H3ClF9NO5S. The number of hydrogen-bond acceptors (Lipinski definition) is 5. The third-order valence-electron chi connectivity index (χ3n) is 2.75. The predicted octanol–water partition coefficient (Wildman–Crippen LogP) is 4.38. The first-order valence-corrected chi connectivity index (χ1v) is 7.66. The molecule has 6 nitrogen and oxygen atoms in total. The second-order valence-corrected chi connectivity index (χ2v) is 6.57. The molecule has 0 aromatic heterocycles. The van der Waals surface area contributed by atoms with Crippen LogP contribution in [0.3, 0.4) is 0 Å². The molecule has 27 heavy (non-hydrogen) atoms. The van der Waals surface area contributed by atoms with Crippen LogP contribution in [0.4, 0.5) is 45.2 Å². The number of rotatable bonds is 6. The highest BCUT2D eigenvalue weighted by molar-refractivity contribution is 7.88. The van der Waals surface area contributed by atoms with Crippen LogP contribution in [0.5, 0.6) is 5.75 Å². The van der Waals surface area contributed by atoms with Gasteiger partial charge in [-0.25, -0.2) is 0 Å². The lowest BCUT2D eigenvalue weighted by Gasteiger charge is -2.32. The molecule has 1 aromatic rings. The SMILES string of the molecule is O=[N+]([O-])c1ccc(OS(=O)(=O)C(F)(F)C(F)(F)C(F)(F)C(F)(F)F)cc1Cl. The van der Waals surface area contributed by atoms with E-state index in [9.17, 15) is 58.0 Å². The van der Waals surface area contributed by atoms with Gasteiger partial charge in [0.15, 0.2) is 0 Å². The summed E-state index contributed by atoms with van der Waals surface area (Å²) in [6.45, 7) is 0. The maximum atomic E-state index is 13.4. The fourth-order valence-corrected chi connectivity index (χ4v) is 2.53. The Balaban J connectivity index is 3.37. The van der Waals surface area contributed by atoms with Crippen LogP contribution in [0.15, 0.2) is 18.2 Å². The summed E-state index contributed by atoms with van der Waals surface area (Å²) < 4.78 is 140. The van der Waals surface area contributed by atoms with Crippen molar-refractivity contribution in [1.29, 1.82) is 0 Å². The molecule has 0 amide bonds. The molecule has 0 aliphatic heterocycles. The monoisotopic (exact) mass is 455 g/mol. The minimum atomic E-state index is -7.47. The highest BCUT2D eigenvalue weighted by Crippen LogP contribution is 2.55. The summed E-state index contributed by atoms with van der Waals surface area (Å²) in [4.78, 5) is 9.33. The maximum absolute atomic E-state index is 13.4. The summed E-state index contributed by atoms with van der Waals surface area (Å²) in [5, 5.41) is 2.46. The zero-order valence-corrected chi connectivity index (χ0v) is 13.5. The van der Waals surface area contributed by atoms with Crippen molar-refractivity contribution in [3.05, 3.63) is 33.3 Å². The number of benzene rings is 1. The number of alkyl halides is 9. The normalized spacial score (nSPS) is 14.1. The smallest absolute Gasteiger partial charge is 0.378 e. The van der Waals surface area contributed by atoms with Gasteiger partial charge in [-0.05, 0) is 6.07 Å². The van der Waals surface area contributed by atoms with Crippen molar-refractivity contribution in [3.8, 4) is 5.75 Å². The van der Waals surface area contributed by atoms with Gasteiger partial charge in [0.1, 0.15) is 10.8 Å². The van der Waals surface area contributed by atoms with E-state index in [-0.39, 0.29) is 12.1 Å². The van der Waals surface area contributed by atoms with Crippen LogP contribution in [0, 0.1) is 10.1 Å². The highest BCUT2D eigenvalue weighted by Gasteiger charge is 2.86. The zero-order chi connectivity index (χ0) is 21.6. The zero-order valence-electron chi connectivity index (χ0n) is 11.9. The molecule has 0 heterocycles. The van der Waals surface area contributed by atoms with Crippen molar-refractivity contribution in [3.63, 3.8) is 0 Å². The van der Waals surface area contributed by atoms with Crippen molar-refractivity contribution < 1.29 is 57.0 Å². The number of nitrogens with zero attached hydrogens (tertiary/aromatic N) is 1. The lowest BCUT2D eigenvalue weighted by molar-refractivity contribution is -0.384. The van der Waals surface area contributed by atoms with Gasteiger partial charge in [-0.15, -0.1) is 0 Å². The standard InChI is InChI=1S/C10H3ClF9NO5S/c11-5-3-4(1-2-6(5)21(22)23)26-27(24,25)10(19,20)8(14,15)7(12,13)9(16,17)18/h1-3H. The summed E-state index contributed by atoms with van der Waals surface area (Å²) in [6.07, 6.45) is -7.23. The Kier molecular flexibility index (Phi) is 5.62. The molecule has 0 saturated heterocycles. The van der Waals surface area contributed by atoms with Gasteiger partial charge in [-0.3, -0.25) is 10.1 Å². The van der Waals surface area contributed by atoms with Gasteiger partial charge in [0.2, 0.25) is 0 Å². The van der Waals surface area contributed by atoms with Gasteiger partial charge in [0, 0.05) is 12.1 Å². The van der Waals surface area contributed by atoms with Crippen molar-refractivity contribution in [2.24, 2.45) is 0 Å². The molecular weight excluding hydrogens is 453 g/mol. The number of hydrogen-bond donors (Lipinski definition) is 0. The van der Waals surface area contributed by atoms with Crippen molar-refractivity contribution in [2.75, 3.05) is 0 Å². The van der Waals surface area contributed by atoms with E-state index >= 15 is 0 Å². The third-order valence-corrected chi connectivity index (χ3v) is 4.35. The van der Waals surface area contributed by atoms with Crippen LogP contribution in [-0.4, -0.2) is 36.6 Å². The minimum Gasteiger partial charge on any atom is -0.378 e. The largest absolute Gasteiger partial charge is 0.460 e. The highest BCUT2D eigenvalue weighted by atomic mass is 35.5. The molecule has 1 aromatic carbocycles. The summed E-state index contributed by atoms with van der Waals surface area (Å²) >= 11 is 5.27. The van der Waals surface area contributed by atoms with E-state index in [2.05, 4.69) is 4.18 Å². The quantitative estimate of drug-likeness (QED) is 0.275. The molecule has 0 atom stereocenters. The lowest BCUT2D eigenvalue weighted by atomic mass is 10.1. The molecule has 0 saturated carbocycles. The Morgan fingerprint density at radius 1 is 0.963 bits per heavy atom. The summed E-state index contributed by atoms with van der Waals surface area (Å²) in [5.41, 5.74) is -0.915. The molecule has 17 heteroatoms. The Hall–Kier alpha value is -1.97. The second kappa shape index (κ2) is 6.57. The Morgan fingerprint density at radius 2 is 1.44 bits per heavy atom. The first-order chi connectivity index (χ1) is 11.8. The van der Waals surface area contributed by atoms with E-state index in [0.29, 0.717) is 6.07 Å². The average molecular weight is 456 g/mol. The van der Waals surface area contributed by atoms with Gasteiger partial charge in [-0.2, -0.15) is 47.9 Å². The molecule has 0 spiro atoms. The van der Waals surface area contributed by atoms with Crippen LogP contribution in [-0.2, 0) is 10.1 Å². The van der Waals surface area contributed by atoms with Crippen molar-refractivity contribution in [2.45, 2.75) is 23.3 Å². The molecule has 0 radical (unpaired) electrons. The Morgan fingerprint density at radius 3 is 1.81 bits per heavy atom. The van der Waals surface area contributed by atoms with Crippen LogP contribution in [0.1, 0.15) is 0 Å². The summed E-state index contributed by atoms with van der Waals surface area (Å²) in [6, 6.07) is 0.777. The minimum absolute atomic E-state index is 0.160. The molecule has 0 bridgehead atoms. The van der Waals surface area contributed by atoms with Gasteiger partial charge in [0.05, 0.1) is 4.92 Å². The molecule has 0 N–H and O–H groups in total. The van der Waals surface area contributed by atoms with E-state index in [0.717, 1.165) is 0 Å². The molecule has 1 rings (SSSR count). The average Bonchev–Trinajstić information content (AvgIpc) is 2.44. The van der Waals surface area contributed by atoms with E-state index in [1.54, 1.807) is 0 Å². The van der Waals surface area contributed by atoms with Gasteiger partial charge in [0.25, 0.3) is 5.69 Å². The van der Waals surface area contributed by atoms with E-state index < -0.39 is 54.8 Å². The first kappa shape index (κ1) is 23.1. The molecule has 0 unspecified atom stereocenters. The molecule has 154 valence electrons. The van der Waals surface area contributed by atoms with Crippen molar-refractivity contribution >= 4 is 27.4 Å². The Bertz CT molecular complexity index is 855. The maximum Gasteiger partial charge on any atom is 0.460 e. The van der Waals surface area contributed by atoms with E-state index in [1.165, 1.54) is 0 Å². The number of halogens is 10. The van der Waals surface area contributed by atoms with Gasteiger partial charge < -0.3 is 4.18 Å². The summed E-state index contributed by atoms with van der Waals surface area (Å²) in [7, 11) is -7.16. The van der Waals surface area contributed by atoms with Crippen LogP contribution >= 0.6 is 11.6 Å². The predicted molar refractivity (Wildman–Crippen MR) is 68.6 cm³/mol. The summed E-state index contributed by atoms with van der Waals surface area (Å²) in [5.74, 6) is -16.3.